The van der Waals surface area contributed by atoms with Gasteiger partial charge < -0.3 is 0 Å². The summed E-state index contributed by atoms with van der Waals surface area (Å²) in [4.78, 5) is 14.3. The predicted octanol–water partition coefficient (Wildman–Crippen LogP) is 2.14. The average Bonchev–Trinajstić information content (AvgIpc) is 2.20. The van der Waals surface area contributed by atoms with Gasteiger partial charge in [-0.3, -0.25) is 0 Å². The van der Waals surface area contributed by atoms with Gasteiger partial charge in [0.2, 0.25) is 0 Å². The van der Waals surface area contributed by atoms with Gasteiger partial charge in [-0.25, -0.2) is 9.89 Å². The van der Waals surface area contributed by atoms with Crippen LogP contribution in [0.25, 0.3) is 11.3 Å². The molecule has 6 heteroatoms. The third kappa shape index (κ3) is 2.16. The maximum absolute atomic E-state index is 10.7. The van der Waals surface area contributed by atoms with E-state index >= 15 is 0 Å². The molecule has 0 saturated heterocycles. The molecule has 0 bridgehead atoms. The number of hydrogen-bond donors (Lipinski definition) is 1. The lowest BCUT2D eigenvalue weighted by Crippen LogP contribution is -2.11. The molecule has 2 aromatic rings. The molecule has 0 saturated carbocycles. The number of rotatable bonds is 1. The highest BCUT2D eigenvalue weighted by Gasteiger charge is 2.05. The van der Waals surface area contributed by atoms with Gasteiger partial charge in [0.05, 0.1) is 11.2 Å². The molecule has 1 heterocycles. The summed E-state index contributed by atoms with van der Waals surface area (Å²) in [6.45, 7) is 0. The van der Waals surface area contributed by atoms with Crippen LogP contribution in [0.1, 0.15) is 0 Å². The maximum Gasteiger partial charge on any atom is 0.361 e. The van der Waals surface area contributed by atoms with E-state index in [1.54, 1.807) is 18.2 Å². The van der Waals surface area contributed by atoms with Crippen molar-refractivity contribution in [3.05, 3.63) is 44.9 Å². The molecule has 76 valence electrons. The zero-order valence-electron chi connectivity index (χ0n) is 7.37. The largest absolute Gasteiger partial charge is 0.361 e. The Labute approximate surface area is 94.9 Å². The molecule has 0 unspecified atom stereocenters. The van der Waals surface area contributed by atoms with Crippen molar-refractivity contribution in [3.63, 3.8) is 0 Å². The fourth-order valence-corrected chi connectivity index (χ4v) is 1.62. The Morgan fingerprint density at radius 1 is 1.27 bits per heavy atom. The van der Waals surface area contributed by atoms with Crippen LogP contribution in [0.5, 0.6) is 0 Å². The van der Waals surface area contributed by atoms with Crippen molar-refractivity contribution >= 4 is 23.2 Å². The highest BCUT2D eigenvalue weighted by atomic mass is 35.5. The van der Waals surface area contributed by atoms with E-state index in [0.29, 0.717) is 21.3 Å². The summed E-state index contributed by atoms with van der Waals surface area (Å²) in [5.41, 5.74) is 0.671. The normalized spacial score (nSPS) is 10.3. The first-order valence-electron chi connectivity index (χ1n) is 4.04. The monoisotopic (exact) mass is 241 g/mol. The van der Waals surface area contributed by atoms with Gasteiger partial charge in [0.25, 0.3) is 0 Å². The van der Waals surface area contributed by atoms with Crippen LogP contribution in [-0.2, 0) is 0 Å². The maximum atomic E-state index is 10.7. The summed E-state index contributed by atoms with van der Waals surface area (Å²) in [5.74, 6) is 0. The molecule has 15 heavy (non-hydrogen) atoms. The van der Waals surface area contributed by atoms with Crippen molar-refractivity contribution in [2.45, 2.75) is 0 Å². The number of aromatic nitrogens is 3. The highest BCUT2D eigenvalue weighted by Crippen LogP contribution is 2.27. The number of nitrogens with zero attached hydrogens (tertiary/aromatic N) is 2. The van der Waals surface area contributed by atoms with E-state index in [1.807, 2.05) is 0 Å². The number of hydrogen-bond acceptors (Lipinski definition) is 3. The van der Waals surface area contributed by atoms with Gasteiger partial charge in [0.1, 0.15) is 5.69 Å². The first-order valence-corrected chi connectivity index (χ1v) is 4.79. The molecule has 0 aliphatic heterocycles. The Hall–Kier alpha value is -1.39. The fourth-order valence-electron chi connectivity index (χ4n) is 1.11. The van der Waals surface area contributed by atoms with Gasteiger partial charge in [0.15, 0.2) is 0 Å². The summed E-state index contributed by atoms with van der Waals surface area (Å²) >= 11 is 11.7. The third-order valence-corrected chi connectivity index (χ3v) is 2.33. The minimum atomic E-state index is -0.496. The first kappa shape index (κ1) is 10.1. The van der Waals surface area contributed by atoms with Gasteiger partial charge in [-0.15, -0.1) is 0 Å². The molecular weight excluding hydrogens is 237 g/mol. The Kier molecular flexibility index (Phi) is 2.70. The molecule has 1 N–H and O–H groups in total. The lowest BCUT2D eigenvalue weighted by molar-refractivity contribution is 0.921. The molecule has 0 amide bonds. The second-order valence-electron chi connectivity index (χ2n) is 2.80. The Morgan fingerprint density at radius 2 is 2.07 bits per heavy atom. The standard InChI is InChI=1S/C9H5Cl2N3O/c10-5-1-2-6(7(11)3-5)8-4-12-9(15)14-13-8/h1-4H,(H,12,14,15). The second kappa shape index (κ2) is 4.00. The lowest BCUT2D eigenvalue weighted by atomic mass is 10.2. The van der Waals surface area contributed by atoms with Crippen molar-refractivity contribution in [2.75, 3.05) is 0 Å². The van der Waals surface area contributed by atoms with Crippen molar-refractivity contribution in [1.29, 1.82) is 0 Å². The van der Waals surface area contributed by atoms with Crippen LogP contribution in [0.4, 0.5) is 0 Å². The smallest absolute Gasteiger partial charge is 0.244 e. The second-order valence-corrected chi connectivity index (χ2v) is 3.64. The number of aromatic amines is 1. The molecule has 2 rings (SSSR count). The quantitative estimate of drug-likeness (QED) is 0.833. The van der Waals surface area contributed by atoms with E-state index in [-0.39, 0.29) is 0 Å². The van der Waals surface area contributed by atoms with Gasteiger partial charge in [0, 0.05) is 10.6 Å². The molecule has 0 radical (unpaired) electrons. The summed E-state index contributed by atoms with van der Waals surface area (Å²) in [7, 11) is 0. The minimum absolute atomic E-state index is 0.462. The van der Waals surface area contributed by atoms with Crippen LogP contribution >= 0.6 is 23.2 Å². The Bertz CT molecular complexity index is 533. The topological polar surface area (TPSA) is 58.6 Å². The molecule has 1 aromatic carbocycles. The van der Waals surface area contributed by atoms with Crippen molar-refractivity contribution in [1.82, 2.24) is 15.2 Å². The van der Waals surface area contributed by atoms with Crippen molar-refractivity contribution in [3.8, 4) is 11.3 Å². The van der Waals surface area contributed by atoms with E-state index in [1.165, 1.54) is 6.20 Å². The van der Waals surface area contributed by atoms with Gasteiger partial charge in [-0.2, -0.15) is 10.1 Å². The zero-order valence-corrected chi connectivity index (χ0v) is 8.88. The molecular formula is C9H5Cl2N3O. The number of H-pyrrole nitrogens is 1. The van der Waals surface area contributed by atoms with Crippen LogP contribution in [0.15, 0.2) is 29.2 Å². The van der Waals surface area contributed by atoms with Crippen LogP contribution in [-0.4, -0.2) is 15.2 Å². The molecule has 0 aliphatic carbocycles. The average molecular weight is 242 g/mol. The first-order chi connectivity index (χ1) is 7.16. The number of halogens is 2. The van der Waals surface area contributed by atoms with Crippen LogP contribution < -0.4 is 5.69 Å². The fraction of sp³-hybridized carbons (Fsp3) is 0. The van der Waals surface area contributed by atoms with E-state index in [9.17, 15) is 4.79 Å². The van der Waals surface area contributed by atoms with E-state index in [4.69, 9.17) is 23.2 Å². The molecule has 0 fully saturated rings. The Balaban J connectivity index is 2.54. The van der Waals surface area contributed by atoms with Gasteiger partial charge in [-0.1, -0.05) is 23.2 Å². The lowest BCUT2D eigenvalue weighted by Gasteiger charge is -2.01. The molecule has 0 spiro atoms. The predicted molar refractivity (Wildman–Crippen MR) is 58.1 cm³/mol. The minimum Gasteiger partial charge on any atom is -0.244 e. The van der Waals surface area contributed by atoms with E-state index < -0.39 is 5.69 Å². The van der Waals surface area contributed by atoms with Crippen molar-refractivity contribution in [2.24, 2.45) is 0 Å². The summed E-state index contributed by atoms with van der Waals surface area (Å²) in [5, 5.41) is 7.05. The van der Waals surface area contributed by atoms with Crippen LogP contribution in [0, 0.1) is 0 Å². The van der Waals surface area contributed by atoms with Gasteiger partial charge >= 0.3 is 5.69 Å². The van der Waals surface area contributed by atoms with E-state index in [2.05, 4.69) is 15.2 Å². The van der Waals surface area contributed by atoms with E-state index in [0.717, 1.165) is 0 Å². The SMILES string of the molecule is O=c1ncc(-c2ccc(Cl)cc2Cl)n[nH]1. The molecule has 0 aliphatic rings. The summed E-state index contributed by atoms with van der Waals surface area (Å²) in [6.07, 6.45) is 1.36. The molecule has 1 aromatic heterocycles. The highest BCUT2D eigenvalue weighted by molar-refractivity contribution is 6.36. The van der Waals surface area contributed by atoms with Crippen LogP contribution in [0.3, 0.4) is 0 Å². The van der Waals surface area contributed by atoms with Crippen LogP contribution in [0.2, 0.25) is 10.0 Å². The number of benzene rings is 1. The molecule has 4 nitrogen and oxygen atoms in total. The summed E-state index contributed by atoms with van der Waals surface area (Å²) in [6, 6.07) is 5.01. The third-order valence-electron chi connectivity index (χ3n) is 1.78. The van der Waals surface area contributed by atoms with Gasteiger partial charge in [-0.05, 0) is 18.2 Å². The molecule has 0 atom stereocenters. The summed E-state index contributed by atoms with van der Waals surface area (Å²) < 4.78 is 0. The Morgan fingerprint density at radius 3 is 2.67 bits per heavy atom. The zero-order chi connectivity index (χ0) is 10.8. The van der Waals surface area contributed by atoms with Crippen molar-refractivity contribution < 1.29 is 0 Å². The number of nitrogens with one attached hydrogen (secondary N) is 1.